The molecule has 0 bridgehead atoms. The van der Waals surface area contributed by atoms with Crippen LogP contribution < -0.4 is 5.32 Å². The molecular formula is C11H23NO. The molecule has 0 saturated carbocycles. The van der Waals surface area contributed by atoms with Crippen molar-refractivity contribution in [2.45, 2.75) is 47.5 Å². The summed E-state index contributed by atoms with van der Waals surface area (Å²) in [5, 5.41) is 2.87. The SMILES string of the molecule is CCNC(=O)C(C)(C)CCC(C)C. The lowest BCUT2D eigenvalue weighted by Crippen LogP contribution is -2.36. The fourth-order valence-corrected chi connectivity index (χ4v) is 1.16. The zero-order valence-corrected chi connectivity index (χ0v) is 9.61. The smallest absolute Gasteiger partial charge is 0.225 e. The molecule has 0 heterocycles. The number of nitrogens with one attached hydrogen (secondary N) is 1. The molecule has 0 aromatic rings. The summed E-state index contributed by atoms with van der Waals surface area (Å²) < 4.78 is 0. The minimum Gasteiger partial charge on any atom is -0.356 e. The molecule has 0 spiro atoms. The van der Waals surface area contributed by atoms with Gasteiger partial charge in [-0.2, -0.15) is 0 Å². The summed E-state index contributed by atoms with van der Waals surface area (Å²) in [6, 6.07) is 0. The van der Waals surface area contributed by atoms with Crippen molar-refractivity contribution in [2.75, 3.05) is 6.54 Å². The zero-order chi connectivity index (χ0) is 10.5. The Labute approximate surface area is 82.1 Å². The topological polar surface area (TPSA) is 29.1 Å². The Morgan fingerprint density at radius 1 is 1.38 bits per heavy atom. The van der Waals surface area contributed by atoms with E-state index in [1.165, 1.54) is 0 Å². The molecule has 0 fully saturated rings. The summed E-state index contributed by atoms with van der Waals surface area (Å²) in [6.07, 6.45) is 2.08. The van der Waals surface area contributed by atoms with Gasteiger partial charge in [0.05, 0.1) is 0 Å². The first kappa shape index (κ1) is 12.5. The van der Waals surface area contributed by atoms with E-state index in [4.69, 9.17) is 0 Å². The van der Waals surface area contributed by atoms with Crippen LogP contribution in [0.3, 0.4) is 0 Å². The second-order valence-corrected chi connectivity index (χ2v) is 4.68. The van der Waals surface area contributed by atoms with Crippen LogP contribution >= 0.6 is 0 Å². The van der Waals surface area contributed by atoms with E-state index in [9.17, 15) is 4.79 Å². The summed E-state index contributed by atoms with van der Waals surface area (Å²) in [4.78, 5) is 11.6. The molecule has 0 aliphatic rings. The molecule has 0 aliphatic heterocycles. The second kappa shape index (κ2) is 5.25. The minimum absolute atomic E-state index is 0.177. The van der Waals surface area contributed by atoms with Crippen LogP contribution in [0, 0.1) is 11.3 Å². The largest absolute Gasteiger partial charge is 0.356 e. The number of carbonyl (C=O) groups excluding carboxylic acids is 1. The Morgan fingerprint density at radius 2 is 1.92 bits per heavy atom. The van der Waals surface area contributed by atoms with Crippen LogP contribution in [0.5, 0.6) is 0 Å². The van der Waals surface area contributed by atoms with Gasteiger partial charge < -0.3 is 5.32 Å². The van der Waals surface area contributed by atoms with E-state index in [1.54, 1.807) is 0 Å². The Hall–Kier alpha value is -0.530. The van der Waals surface area contributed by atoms with Gasteiger partial charge in [-0.05, 0) is 25.7 Å². The maximum atomic E-state index is 11.6. The average Bonchev–Trinajstić information content (AvgIpc) is 2.01. The van der Waals surface area contributed by atoms with Crippen molar-refractivity contribution in [2.24, 2.45) is 11.3 Å². The molecule has 2 nitrogen and oxygen atoms in total. The maximum Gasteiger partial charge on any atom is 0.225 e. The fraction of sp³-hybridized carbons (Fsp3) is 0.909. The van der Waals surface area contributed by atoms with Crippen LogP contribution in [0.15, 0.2) is 0 Å². The summed E-state index contributed by atoms with van der Waals surface area (Å²) >= 11 is 0. The molecule has 1 amide bonds. The minimum atomic E-state index is -0.208. The van der Waals surface area contributed by atoms with Gasteiger partial charge in [0.2, 0.25) is 5.91 Å². The Bertz CT molecular complexity index is 161. The first-order valence-corrected chi connectivity index (χ1v) is 5.18. The monoisotopic (exact) mass is 185 g/mol. The lowest BCUT2D eigenvalue weighted by Gasteiger charge is -2.23. The maximum absolute atomic E-state index is 11.6. The van der Waals surface area contributed by atoms with E-state index >= 15 is 0 Å². The standard InChI is InChI=1S/C11H23NO/c1-6-12-10(13)11(4,5)8-7-9(2)3/h9H,6-8H2,1-5H3,(H,12,13). The highest BCUT2D eigenvalue weighted by Gasteiger charge is 2.26. The van der Waals surface area contributed by atoms with Crippen molar-refractivity contribution < 1.29 is 4.79 Å². The highest BCUT2D eigenvalue weighted by atomic mass is 16.2. The van der Waals surface area contributed by atoms with Gasteiger partial charge in [0.1, 0.15) is 0 Å². The lowest BCUT2D eigenvalue weighted by molar-refractivity contribution is -0.129. The number of amides is 1. The number of hydrogen-bond donors (Lipinski definition) is 1. The molecule has 0 unspecified atom stereocenters. The predicted molar refractivity (Wildman–Crippen MR) is 56.5 cm³/mol. The number of carbonyl (C=O) groups is 1. The molecule has 0 aliphatic carbocycles. The molecule has 78 valence electrons. The van der Waals surface area contributed by atoms with E-state index in [0.717, 1.165) is 19.4 Å². The van der Waals surface area contributed by atoms with Crippen LogP contribution in [0.2, 0.25) is 0 Å². The van der Waals surface area contributed by atoms with Crippen molar-refractivity contribution in [1.82, 2.24) is 5.32 Å². The molecule has 0 saturated heterocycles. The third kappa shape index (κ3) is 4.91. The van der Waals surface area contributed by atoms with E-state index < -0.39 is 0 Å². The Morgan fingerprint density at radius 3 is 2.31 bits per heavy atom. The number of rotatable bonds is 5. The summed E-state index contributed by atoms with van der Waals surface area (Å²) in [5.41, 5.74) is -0.208. The molecular weight excluding hydrogens is 162 g/mol. The van der Waals surface area contributed by atoms with E-state index in [2.05, 4.69) is 19.2 Å². The summed E-state index contributed by atoms with van der Waals surface area (Å²) in [7, 11) is 0. The van der Waals surface area contributed by atoms with Crippen LogP contribution in [-0.2, 0) is 4.79 Å². The average molecular weight is 185 g/mol. The van der Waals surface area contributed by atoms with Crippen LogP contribution in [-0.4, -0.2) is 12.5 Å². The van der Waals surface area contributed by atoms with Crippen molar-refractivity contribution in [3.05, 3.63) is 0 Å². The van der Waals surface area contributed by atoms with Crippen LogP contribution in [0.25, 0.3) is 0 Å². The zero-order valence-electron chi connectivity index (χ0n) is 9.61. The highest BCUT2D eigenvalue weighted by Crippen LogP contribution is 2.24. The molecule has 0 rings (SSSR count). The van der Waals surface area contributed by atoms with Crippen molar-refractivity contribution in [3.63, 3.8) is 0 Å². The van der Waals surface area contributed by atoms with Gasteiger partial charge in [-0.3, -0.25) is 4.79 Å². The van der Waals surface area contributed by atoms with E-state index in [-0.39, 0.29) is 11.3 Å². The predicted octanol–water partition coefficient (Wildman–Crippen LogP) is 2.58. The molecule has 0 atom stereocenters. The van der Waals surface area contributed by atoms with Crippen molar-refractivity contribution >= 4 is 5.91 Å². The third-order valence-corrected chi connectivity index (χ3v) is 2.30. The summed E-state index contributed by atoms with van der Waals surface area (Å²) in [5.74, 6) is 0.851. The van der Waals surface area contributed by atoms with Gasteiger partial charge in [-0.1, -0.05) is 27.7 Å². The number of hydrogen-bond acceptors (Lipinski definition) is 1. The Kier molecular flexibility index (Phi) is 5.04. The van der Waals surface area contributed by atoms with Gasteiger partial charge in [0.25, 0.3) is 0 Å². The van der Waals surface area contributed by atoms with Crippen molar-refractivity contribution in [1.29, 1.82) is 0 Å². The molecule has 2 heteroatoms. The first-order chi connectivity index (χ1) is 5.90. The van der Waals surface area contributed by atoms with E-state index in [1.807, 2.05) is 20.8 Å². The lowest BCUT2D eigenvalue weighted by atomic mass is 9.84. The highest BCUT2D eigenvalue weighted by molar-refractivity contribution is 5.81. The second-order valence-electron chi connectivity index (χ2n) is 4.68. The Balaban J connectivity index is 3.98. The van der Waals surface area contributed by atoms with Gasteiger partial charge in [-0.15, -0.1) is 0 Å². The summed E-state index contributed by atoms with van der Waals surface area (Å²) in [6.45, 7) is 11.1. The fourth-order valence-electron chi connectivity index (χ4n) is 1.16. The van der Waals surface area contributed by atoms with Crippen LogP contribution in [0.4, 0.5) is 0 Å². The van der Waals surface area contributed by atoms with Gasteiger partial charge in [0, 0.05) is 12.0 Å². The molecule has 1 N–H and O–H groups in total. The van der Waals surface area contributed by atoms with Gasteiger partial charge >= 0.3 is 0 Å². The molecule has 13 heavy (non-hydrogen) atoms. The molecule has 0 aromatic heterocycles. The third-order valence-electron chi connectivity index (χ3n) is 2.30. The molecule has 0 aromatic carbocycles. The van der Waals surface area contributed by atoms with Crippen LogP contribution in [0.1, 0.15) is 47.5 Å². The van der Waals surface area contributed by atoms with Gasteiger partial charge in [0.15, 0.2) is 0 Å². The van der Waals surface area contributed by atoms with Crippen molar-refractivity contribution in [3.8, 4) is 0 Å². The quantitative estimate of drug-likeness (QED) is 0.701. The van der Waals surface area contributed by atoms with E-state index in [0.29, 0.717) is 5.92 Å². The molecule has 0 radical (unpaired) electrons. The van der Waals surface area contributed by atoms with Gasteiger partial charge in [-0.25, -0.2) is 0 Å². The first-order valence-electron chi connectivity index (χ1n) is 5.18. The normalized spacial score (nSPS) is 11.8.